The van der Waals surface area contributed by atoms with Crippen LogP contribution in [0.3, 0.4) is 0 Å². The summed E-state index contributed by atoms with van der Waals surface area (Å²) in [5.41, 5.74) is 0. The zero-order chi connectivity index (χ0) is 12.3. The average Bonchev–Trinajstić information content (AvgIpc) is 2.89. The molecule has 1 N–H and O–H groups in total. The second-order valence-corrected chi connectivity index (χ2v) is 8.66. The van der Waals surface area contributed by atoms with Gasteiger partial charge in [-0.3, -0.25) is 0 Å². The fraction of sp³-hybridized carbons (Fsp3) is 0.333. The molecule has 5 heteroatoms. The van der Waals surface area contributed by atoms with Gasteiger partial charge in [-0.25, -0.2) is 0 Å². The van der Waals surface area contributed by atoms with Gasteiger partial charge in [-0.05, 0) is 69.1 Å². The van der Waals surface area contributed by atoms with Gasteiger partial charge in [-0.15, -0.1) is 22.7 Å². The maximum atomic E-state index is 3.61. The van der Waals surface area contributed by atoms with Gasteiger partial charge in [0.15, 0.2) is 0 Å². The highest BCUT2D eigenvalue weighted by molar-refractivity contribution is 9.11. The summed E-state index contributed by atoms with van der Waals surface area (Å²) < 4.78 is 2.37. The van der Waals surface area contributed by atoms with E-state index in [1.807, 2.05) is 0 Å². The van der Waals surface area contributed by atoms with Crippen molar-refractivity contribution < 1.29 is 0 Å². The van der Waals surface area contributed by atoms with E-state index < -0.39 is 0 Å². The van der Waals surface area contributed by atoms with Crippen molar-refractivity contribution in [2.24, 2.45) is 0 Å². The van der Waals surface area contributed by atoms with E-state index in [1.165, 1.54) is 17.3 Å². The number of rotatable bonds is 5. The topological polar surface area (TPSA) is 12.0 Å². The molecule has 0 aliphatic rings. The second-order valence-electron chi connectivity index (χ2n) is 3.67. The fourth-order valence-electron chi connectivity index (χ4n) is 1.60. The van der Waals surface area contributed by atoms with Gasteiger partial charge in [-0.2, -0.15) is 0 Å². The molecular formula is C12H13Br2NS2. The van der Waals surface area contributed by atoms with Crippen LogP contribution >= 0.6 is 54.5 Å². The third-order valence-corrected chi connectivity index (χ3v) is 5.73. The average molecular weight is 395 g/mol. The molecule has 0 bridgehead atoms. The molecule has 0 saturated carbocycles. The molecule has 2 rings (SSSR count). The Morgan fingerprint density at radius 3 is 1.94 bits per heavy atom. The Kier molecular flexibility index (Phi) is 5.24. The first kappa shape index (κ1) is 13.7. The number of halogens is 2. The monoisotopic (exact) mass is 393 g/mol. The Balaban J connectivity index is 2.24. The first-order chi connectivity index (χ1) is 8.20. The summed E-state index contributed by atoms with van der Waals surface area (Å²) >= 11 is 10.7. The molecule has 0 aliphatic carbocycles. The highest BCUT2D eigenvalue weighted by Crippen LogP contribution is 2.35. The molecule has 92 valence electrons. The Morgan fingerprint density at radius 1 is 1.06 bits per heavy atom. The molecule has 2 heterocycles. The standard InChI is InChI=1S/C12H13Br2NS2/c1-2-7-15-12(8-3-5-10(13)16-8)9-4-6-11(14)17-9/h3-6,12,15H,2,7H2,1H3. The molecule has 0 atom stereocenters. The summed E-state index contributed by atoms with van der Waals surface area (Å²) in [7, 11) is 0. The lowest BCUT2D eigenvalue weighted by atomic mass is 10.2. The van der Waals surface area contributed by atoms with Gasteiger partial charge in [0.2, 0.25) is 0 Å². The van der Waals surface area contributed by atoms with Crippen LogP contribution in [0.5, 0.6) is 0 Å². The van der Waals surface area contributed by atoms with Gasteiger partial charge >= 0.3 is 0 Å². The minimum atomic E-state index is 0.322. The van der Waals surface area contributed by atoms with Crippen molar-refractivity contribution in [2.75, 3.05) is 6.54 Å². The molecule has 0 aliphatic heterocycles. The summed E-state index contributed by atoms with van der Waals surface area (Å²) in [6.45, 7) is 3.23. The zero-order valence-electron chi connectivity index (χ0n) is 9.37. The van der Waals surface area contributed by atoms with E-state index in [0.717, 1.165) is 13.0 Å². The summed E-state index contributed by atoms with van der Waals surface area (Å²) in [6.07, 6.45) is 1.15. The van der Waals surface area contributed by atoms with E-state index in [4.69, 9.17) is 0 Å². The van der Waals surface area contributed by atoms with Crippen molar-refractivity contribution in [2.45, 2.75) is 19.4 Å². The van der Waals surface area contributed by atoms with Crippen LogP contribution in [0.25, 0.3) is 0 Å². The lowest BCUT2D eigenvalue weighted by Crippen LogP contribution is -2.21. The van der Waals surface area contributed by atoms with E-state index in [1.54, 1.807) is 22.7 Å². The number of hydrogen-bond acceptors (Lipinski definition) is 3. The SMILES string of the molecule is CCCNC(c1ccc(Br)s1)c1ccc(Br)s1. The molecule has 17 heavy (non-hydrogen) atoms. The predicted octanol–water partition coefficient (Wildman–Crippen LogP) is 5.42. The van der Waals surface area contributed by atoms with Gasteiger partial charge in [0.05, 0.1) is 13.6 Å². The maximum absolute atomic E-state index is 3.61. The summed E-state index contributed by atoms with van der Waals surface area (Å²) in [5.74, 6) is 0. The molecule has 2 aromatic rings. The van der Waals surface area contributed by atoms with Crippen LogP contribution in [-0.2, 0) is 0 Å². The largest absolute Gasteiger partial charge is 0.305 e. The first-order valence-corrected chi connectivity index (χ1v) is 8.66. The number of thiophene rings is 2. The smallest absolute Gasteiger partial charge is 0.0765 e. The first-order valence-electron chi connectivity index (χ1n) is 5.44. The lowest BCUT2D eigenvalue weighted by Gasteiger charge is -2.15. The normalized spacial score (nSPS) is 11.3. The van der Waals surface area contributed by atoms with Crippen molar-refractivity contribution in [3.05, 3.63) is 41.6 Å². The van der Waals surface area contributed by atoms with Crippen LogP contribution in [0, 0.1) is 0 Å². The molecular weight excluding hydrogens is 382 g/mol. The number of hydrogen-bond donors (Lipinski definition) is 1. The zero-order valence-corrected chi connectivity index (χ0v) is 14.2. The highest BCUT2D eigenvalue weighted by Gasteiger charge is 2.17. The van der Waals surface area contributed by atoms with E-state index in [-0.39, 0.29) is 0 Å². The van der Waals surface area contributed by atoms with Crippen molar-refractivity contribution in [3.8, 4) is 0 Å². The van der Waals surface area contributed by atoms with Crippen molar-refractivity contribution in [1.82, 2.24) is 5.32 Å². The highest BCUT2D eigenvalue weighted by atomic mass is 79.9. The molecule has 1 nitrogen and oxygen atoms in total. The molecule has 0 aromatic carbocycles. The van der Waals surface area contributed by atoms with Gasteiger partial charge in [0.1, 0.15) is 0 Å². The number of nitrogens with one attached hydrogen (secondary N) is 1. The Labute approximate surface area is 127 Å². The van der Waals surface area contributed by atoms with E-state index in [9.17, 15) is 0 Å². The van der Waals surface area contributed by atoms with Gasteiger partial charge in [-0.1, -0.05) is 6.92 Å². The Bertz CT molecular complexity index is 438. The summed E-state index contributed by atoms with van der Waals surface area (Å²) in [5, 5.41) is 3.61. The van der Waals surface area contributed by atoms with E-state index in [0.29, 0.717) is 6.04 Å². The van der Waals surface area contributed by atoms with Crippen molar-refractivity contribution in [1.29, 1.82) is 0 Å². The van der Waals surface area contributed by atoms with Crippen LogP contribution in [0.2, 0.25) is 0 Å². The third kappa shape index (κ3) is 3.64. The van der Waals surface area contributed by atoms with Crippen molar-refractivity contribution >= 4 is 54.5 Å². The quantitative estimate of drug-likeness (QED) is 0.713. The Morgan fingerprint density at radius 2 is 1.59 bits per heavy atom. The molecule has 0 spiro atoms. The van der Waals surface area contributed by atoms with Crippen LogP contribution in [0.1, 0.15) is 29.1 Å². The van der Waals surface area contributed by atoms with Gasteiger partial charge < -0.3 is 5.32 Å². The fourth-order valence-corrected chi connectivity index (χ4v) is 4.71. The summed E-state index contributed by atoms with van der Waals surface area (Å²) in [6, 6.07) is 8.93. The molecule has 0 radical (unpaired) electrons. The Hall–Kier alpha value is 0.320. The van der Waals surface area contributed by atoms with Crippen LogP contribution in [0.15, 0.2) is 31.8 Å². The molecule has 0 unspecified atom stereocenters. The minimum absolute atomic E-state index is 0.322. The second kappa shape index (κ2) is 6.48. The molecule has 0 fully saturated rings. The molecule has 2 aromatic heterocycles. The van der Waals surface area contributed by atoms with Gasteiger partial charge in [0, 0.05) is 9.75 Å². The predicted molar refractivity (Wildman–Crippen MR) is 84.2 cm³/mol. The van der Waals surface area contributed by atoms with Crippen molar-refractivity contribution in [3.63, 3.8) is 0 Å². The molecule has 0 saturated heterocycles. The maximum Gasteiger partial charge on any atom is 0.0765 e. The third-order valence-electron chi connectivity index (χ3n) is 2.36. The van der Waals surface area contributed by atoms with E-state index >= 15 is 0 Å². The van der Waals surface area contributed by atoms with Crippen LogP contribution in [-0.4, -0.2) is 6.54 Å². The minimum Gasteiger partial charge on any atom is -0.305 e. The van der Waals surface area contributed by atoms with Gasteiger partial charge in [0.25, 0.3) is 0 Å². The van der Waals surface area contributed by atoms with Crippen LogP contribution in [0.4, 0.5) is 0 Å². The van der Waals surface area contributed by atoms with Crippen LogP contribution < -0.4 is 5.32 Å². The molecule has 0 amide bonds. The summed E-state index contributed by atoms with van der Waals surface area (Å²) in [4.78, 5) is 2.72. The lowest BCUT2D eigenvalue weighted by molar-refractivity contribution is 0.613. The van der Waals surface area contributed by atoms with E-state index in [2.05, 4.69) is 68.4 Å².